The number of nitrogens with one attached hydrogen (secondary N) is 1. The fourth-order valence-electron chi connectivity index (χ4n) is 1.46. The SMILES string of the molecule is O=C(NCCn1ccnn1)c1c(O)cccc1F. The van der Waals surface area contributed by atoms with E-state index in [9.17, 15) is 14.3 Å². The summed E-state index contributed by atoms with van der Waals surface area (Å²) in [6.07, 6.45) is 3.16. The third-order valence-corrected chi connectivity index (χ3v) is 2.32. The Bertz CT molecular complexity index is 522. The molecule has 0 saturated carbocycles. The first kappa shape index (κ1) is 12.0. The van der Waals surface area contributed by atoms with Gasteiger partial charge in [-0.2, -0.15) is 0 Å². The average Bonchev–Trinajstić information content (AvgIpc) is 2.82. The lowest BCUT2D eigenvalue weighted by atomic mass is 10.1. The predicted octanol–water partition coefficient (Wildman–Crippen LogP) is 0.553. The Morgan fingerprint density at radius 1 is 1.50 bits per heavy atom. The third-order valence-electron chi connectivity index (χ3n) is 2.32. The van der Waals surface area contributed by atoms with E-state index >= 15 is 0 Å². The number of phenolic OH excluding ortho intramolecular Hbond substituents is 1. The lowest BCUT2D eigenvalue weighted by Crippen LogP contribution is -2.28. The molecule has 0 aliphatic carbocycles. The molecule has 0 radical (unpaired) electrons. The first-order chi connectivity index (χ1) is 8.68. The summed E-state index contributed by atoms with van der Waals surface area (Å²) in [5.74, 6) is -1.80. The van der Waals surface area contributed by atoms with Crippen molar-refractivity contribution in [3.63, 3.8) is 0 Å². The second kappa shape index (κ2) is 5.26. The Morgan fingerprint density at radius 2 is 2.33 bits per heavy atom. The monoisotopic (exact) mass is 250 g/mol. The minimum atomic E-state index is -0.756. The molecule has 7 heteroatoms. The zero-order valence-electron chi connectivity index (χ0n) is 9.38. The molecular formula is C11H11FN4O2. The van der Waals surface area contributed by atoms with Gasteiger partial charge < -0.3 is 10.4 Å². The Hall–Kier alpha value is -2.44. The van der Waals surface area contributed by atoms with E-state index in [1.807, 2.05) is 0 Å². The number of benzene rings is 1. The summed E-state index contributed by atoms with van der Waals surface area (Å²) in [7, 11) is 0. The molecule has 1 aromatic carbocycles. The molecule has 0 aliphatic rings. The van der Waals surface area contributed by atoms with Crippen LogP contribution in [-0.4, -0.2) is 32.6 Å². The predicted molar refractivity (Wildman–Crippen MR) is 60.4 cm³/mol. The summed E-state index contributed by atoms with van der Waals surface area (Å²) in [4.78, 5) is 11.7. The molecule has 6 nitrogen and oxygen atoms in total. The molecule has 1 amide bonds. The Kier molecular flexibility index (Phi) is 3.52. The van der Waals surface area contributed by atoms with Gasteiger partial charge in [0.2, 0.25) is 0 Å². The van der Waals surface area contributed by atoms with Crippen LogP contribution in [0.4, 0.5) is 4.39 Å². The van der Waals surface area contributed by atoms with Crippen LogP contribution in [0.25, 0.3) is 0 Å². The maximum Gasteiger partial charge on any atom is 0.258 e. The minimum absolute atomic E-state index is 0.260. The maximum absolute atomic E-state index is 13.4. The summed E-state index contributed by atoms with van der Waals surface area (Å²) >= 11 is 0. The van der Waals surface area contributed by atoms with Gasteiger partial charge in [0.05, 0.1) is 12.7 Å². The average molecular weight is 250 g/mol. The van der Waals surface area contributed by atoms with Crippen LogP contribution < -0.4 is 5.32 Å². The molecular weight excluding hydrogens is 239 g/mol. The van der Waals surface area contributed by atoms with Crippen molar-refractivity contribution in [1.29, 1.82) is 0 Å². The molecule has 94 valence electrons. The zero-order valence-corrected chi connectivity index (χ0v) is 9.38. The molecule has 2 N–H and O–H groups in total. The highest BCUT2D eigenvalue weighted by molar-refractivity contribution is 5.97. The van der Waals surface area contributed by atoms with Crippen molar-refractivity contribution in [2.45, 2.75) is 6.54 Å². The molecule has 0 aliphatic heterocycles. The van der Waals surface area contributed by atoms with Crippen LogP contribution >= 0.6 is 0 Å². The first-order valence-electron chi connectivity index (χ1n) is 5.28. The van der Waals surface area contributed by atoms with E-state index in [0.29, 0.717) is 6.54 Å². The van der Waals surface area contributed by atoms with Gasteiger partial charge in [0, 0.05) is 12.7 Å². The van der Waals surface area contributed by atoms with Crippen LogP contribution in [0.3, 0.4) is 0 Å². The van der Waals surface area contributed by atoms with Crippen molar-refractivity contribution in [2.24, 2.45) is 0 Å². The first-order valence-corrected chi connectivity index (χ1v) is 5.28. The van der Waals surface area contributed by atoms with Crippen molar-refractivity contribution < 1.29 is 14.3 Å². The number of aromatic nitrogens is 3. The van der Waals surface area contributed by atoms with E-state index in [1.165, 1.54) is 23.0 Å². The van der Waals surface area contributed by atoms with Gasteiger partial charge in [-0.1, -0.05) is 11.3 Å². The Labute approximate surface area is 102 Å². The molecule has 1 aromatic heterocycles. The number of carbonyl (C=O) groups excluding carboxylic acids is 1. The number of phenols is 1. The number of aromatic hydroxyl groups is 1. The van der Waals surface area contributed by atoms with Crippen LogP contribution in [0.15, 0.2) is 30.6 Å². The lowest BCUT2D eigenvalue weighted by molar-refractivity contribution is 0.0945. The van der Waals surface area contributed by atoms with E-state index in [4.69, 9.17) is 0 Å². The zero-order chi connectivity index (χ0) is 13.0. The number of halogens is 1. The van der Waals surface area contributed by atoms with E-state index in [2.05, 4.69) is 15.6 Å². The standard InChI is InChI=1S/C11H11FN4O2/c12-8-2-1-3-9(17)10(8)11(18)13-4-6-16-7-5-14-15-16/h1-3,5,7,17H,4,6H2,(H,13,18). The molecule has 2 aromatic rings. The molecule has 2 rings (SSSR count). The smallest absolute Gasteiger partial charge is 0.258 e. The number of amides is 1. The van der Waals surface area contributed by atoms with Crippen LogP contribution in [0.1, 0.15) is 10.4 Å². The highest BCUT2D eigenvalue weighted by atomic mass is 19.1. The maximum atomic E-state index is 13.4. The van der Waals surface area contributed by atoms with Gasteiger partial charge in [0.15, 0.2) is 0 Å². The number of nitrogens with zero attached hydrogens (tertiary/aromatic N) is 3. The summed E-state index contributed by atoms with van der Waals surface area (Å²) in [6.45, 7) is 0.678. The van der Waals surface area contributed by atoms with Crippen molar-refractivity contribution >= 4 is 5.91 Å². The van der Waals surface area contributed by atoms with Crippen molar-refractivity contribution in [3.05, 3.63) is 42.0 Å². The number of hydrogen-bond donors (Lipinski definition) is 2. The molecule has 0 unspecified atom stereocenters. The molecule has 0 bridgehead atoms. The highest BCUT2D eigenvalue weighted by Gasteiger charge is 2.15. The quantitative estimate of drug-likeness (QED) is 0.830. The molecule has 0 fully saturated rings. The van der Waals surface area contributed by atoms with E-state index in [0.717, 1.165) is 6.07 Å². The Balaban J connectivity index is 1.96. The normalized spacial score (nSPS) is 10.3. The second-order valence-electron chi connectivity index (χ2n) is 3.56. The van der Waals surface area contributed by atoms with Gasteiger partial charge in [-0.15, -0.1) is 5.10 Å². The van der Waals surface area contributed by atoms with Gasteiger partial charge >= 0.3 is 0 Å². The summed E-state index contributed by atoms with van der Waals surface area (Å²) in [5.41, 5.74) is -0.351. The number of hydrogen-bond acceptors (Lipinski definition) is 4. The molecule has 0 spiro atoms. The van der Waals surface area contributed by atoms with Crippen LogP contribution in [0, 0.1) is 5.82 Å². The fourth-order valence-corrected chi connectivity index (χ4v) is 1.46. The molecule has 0 atom stereocenters. The number of rotatable bonds is 4. The third kappa shape index (κ3) is 2.62. The largest absolute Gasteiger partial charge is 0.507 e. The van der Waals surface area contributed by atoms with E-state index < -0.39 is 11.7 Å². The minimum Gasteiger partial charge on any atom is -0.507 e. The summed E-state index contributed by atoms with van der Waals surface area (Å²) in [5, 5.41) is 19.2. The summed E-state index contributed by atoms with van der Waals surface area (Å²) in [6, 6.07) is 3.71. The molecule has 0 saturated heterocycles. The van der Waals surface area contributed by atoms with Gasteiger partial charge in [0.25, 0.3) is 5.91 Å². The van der Waals surface area contributed by atoms with Crippen molar-refractivity contribution in [3.8, 4) is 5.75 Å². The Morgan fingerprint density at radius 3 is 3.00 bits per heavy atom. The lowest BCUT2D eigenvalue weighted by Gasteiger charge is -2.07. The van der Waals surface area contributed by atoms with Crippen LogP contribution in [0.2, 0.25) is 0 Å². The number of carbonyl (C=O) groups is 1. The molecule has 18 heavy (non-hydrogen) atoms. The van der Waals surface area contributed by atoms with Gasteiger partial charge in [-0.05, 0) is 12.1 Å². The van der Waals surface area contributed by atoms with Crippen LogP contribution in [0.5, 0.6) is 5.75 Å². The van der Waals surface area contributed by atoms with Gasteiger partial charge in [0.1, 0.15) is 17.1 Å². The second-order valence-corrected chi connectivity index (χ2v) is 3.56. The summed E-state index contributed by atoms with van der Waals surface area (Å²) < 4.78 is 14.9. The van der Waals surface area contributed by atoms with Gasteiger partial charge in [-0.3, -0.25) is 9.48 Å². The molecule has 1 heterocycles. The highest BCUT2D eigenvalue weighted by Crippen LogP contribution is 2.19. The van der Waals surface area contributed by atoms with E-state index in [-0.39, 0.29) is 17.9 Å². The van der Waals surface area contributed by atoms with Crippen molar-refractivity contribution in [2.75, 3.05) is 6.54 Å². The van der Waals surface area contributed by atoms with E-state index in [1.54, 1.807) is 6.20 Å². The van der Waals surface area contributed by atoms with Gasteiger partial charge in [-0.25, -0.2) is 4.39 Å². The van der Waals surface area contributed by atoms with Crippen LogP contribution in [-0.2, 0) is 6.54 Å². The topological polar surface area (TPSA) is 80.0 Å². The van der Waals surface area contributed by atoms with Crippen molar-refractivity contribution in [1.82, 2.24) is 20.3 Å². The fraction of sp³-hybridized carbons (Fsp3) is 0.182.